The molecule has 4 saturated carbocycles. The molecule has 4 aliphatic carbocycles. The maximum Gasteiger partial charge on any atom is 0.310 e. The van der Waals surface area contributed by atoms with Crippen LogP contribution >= 0.6 is 0 Å². The maximum atomic E-state index is 13.9. The van der Waals surface area contributed by atoms with Crippen molar-refractivity contribution >= 4 is 29.8 Å². The minimum absolute atomic E-state index is 0.0254. The van der Waals surface area contributed by atoms with Crippen LogP contribution in [-0.2, 0) is 66.6 Å². The Morgan fingerprint density at radius 2 is 0.875 bits per heavy atom. The van der Waals surface area contributed by atoms with Crippen LogP contribution in [0.1, 0.15) is 116 Å². The van der Waals surface area contributed by atoms with Crippen molar-refractivity contribution in [1.82, 2.24) is 0 Å². The Hall–Kier alpha value is -2.81. The van der Waals surface area contributed by atoms with Crippen molar-refractivity contribution in [3.05, 3.63) is 0 Å². The summed E-state index contributed by atoms with van der Waals surface area (Å²) in [5.74, 6) is -4.82. The quantitative estimate of drug-likeness (QED) is 0.0685. The van der Waals surface area contributed by atoms with Gasteiger partial charge in [-0.1, -0.05) is 0 Å². The number of fused-ring (bicyclic) bond motifs is 5. The van der Waals surface area contributed by atoms with E-state index in [1.807, 2.05) is 0 Å². The molecule has 13 atom stereocenters. The Morgan fingerprint density at radius 1 is 0.429 bits per heavy atom. The number of carbonyl (C=O) groups excluding carboxylic acids is 5. The molecule has 0 aromatic rings. The first-order chi connectivity index (χ1) is 27.2. The lowest BCUT2D eigenvalue weighted by atomic mass is 9.81. The molecule has 5 saturated heterocycles. The standard InChI is InChI=1S/C42H60O14/c43-38(49-20-24-5-8-32-35(14-24)54-32)4-2-1-3-11-48-41(46)30(18-39(44)50-21-25-6-9-33-36(15-25)55-33)31(42(47)52-22-26-7-10-34-37(16-26)56-34)19-40(45)51-23-27-12-28-17-29(13-27)53-28/h24-37H,1-23H2. The molecule has 0 N–H and O–H groups in total. The van der Waals surface area contributed by atoms with Gasteiger partial charge in [0, 0.05) is 6.42 Å². The van der Waals surface area contributed by atoms with Crippen LogP contribution in [0.3, 0.4) is 0 Å². The molecule has 9 rings (SSSR count). The minimum Gasteiger partial charge on any atom is -0.465 e. The van der Waals surface area contributed by atoms with Gasteiger partial charge in [0.05, 0.1) is 107 Å². The van der Waals surface area contributed by atoms with Crippen LogP contribution in [0.5, 0.6) is 0 Å². The van der Waals surface area contributed by atoms with Crippen LogP contribution in [0.15, 0.2) is 0 Å². The monoisotopic (exact) mass is 788 g/mol. The van der Waals surface area contributed by atoms with Crippen molar-refractivity contribution in [2.75, 3.05) is 33.0 Å². The maximum absolute atomic E-state index is 13.9. The first-order valence-corrected chi connectivity index (χ1v) is 21.6. The highest BCUT2D eigenvalue weighted by Gasteiger charge is 2.47. The highest BCUT2D eigenvalue weighted by molar-refractivity contribution is 5.88. The summed E-state index contributed by atoms with van der Waals surface area (Å²) >= 11 is 0. The van der Waals surface area contributed by atoms with Crippen molar-refractivity contribution < 1.29 is 66.6 Å². The van der Waals surface area contributed by atoms with Gasteiger partial charge in [-0.05, 0) is 120 Å². The van der Waals surface area contributed by atoms with Crippen molar-refractivity contribution in [3.63, 3.8) is 0 Å². The third-order valence-corrected chi connectivity index (χ3v) is 13.5. The zero-order valence-electron chi connectivity index (χ0n) is 32.6. The number of rotatable bonds is 21. The van der Waals surface area contributed by atoms with Gasteiger partial charge in [-0.3, -0.25) is 24.0 Å². The van der Waals surface area contributed by atoms with Crippen LogP contribution in [-0.4, -0.2) is 112 Å². The molecule has 14 heteroatoms. The zero-order chi connectivity index (χ0) is 38.6. The van der Waals surface area contributed by atoms with Crippen LogP contribution in [0.4, 0.5) is 0 Å². The third kappa shape index (κ3) is 11.2. The average molecular weight is 789 g/mol. The SMILES string of the molecule is O=C(CCCCCOC(=O)C(CC(=O)OCC1CCC2OC2C1)C(CC(=O)OCC1CC2CC(C1)O2)C(=O)OCC1CCC2OC2C1)OCC1CCC2OC2C1. The summed E-state index contributed by atoms with van der Waals surface area (Å²) in [5.41, 5.74) is 0. The average Bonchev–Trinajstić information content (AvgIpc) is 4.09. The van der Waals surface area contributed by atoms with E-state index in [9.17, 15) is 24.0 Å². The van der Waals surface area contributed by atoms with Gasteiger partial charge < -0.3 is 42.6 Å². The fourth-order valence-electron chi connectivity index (χ4n) is 9.84. The van der Waals surface area contributed by atoms with Gasteiger partial charge in [0.2, 0.25) is 0 Å². The van der Waals surface area contributed by atoms with Gasteiger partial charge in [-0.25, -0.2) is 0 Å². The van der Waals surface area contributed by atoms with E-state index >= 15 is 0 Å². The number of carbonyl (C=O) groups is 5. The second-order valence-electron chi connectivity index (χ2n) is 17.9. The molecule has 13 unspecified atom stereocenters. The van der Waals surface area contributed by atoms with E-state index in [2.05, 4.69) is 0 Å². The first kappa shape index (κ1) is 40.0. The van der Waals surface area contributed by atoms with Gasteiger partial charge >= 0.3 is 29.8 Å². The normalized spacial score (nSPS) is 36.8. The smallest absolute Gasteiger partial charge is 0.310 e. The molecule has 0 aromatic heterocycles. The summed E-state index contributed by atoms with van der Waals surface area (Å²) in [4.78, 5) is 66.8. The van der Waals surface area contributed by atoms with E-state index in [4.69, 9.17) is 42.6 Å². The number of hydrogen-bond acceptors (Lipinski definition) is 14. The summed E-state index contributed by atoms with van der Waals surface area (Å²) in [7, 11) is 0. The van der Waals surface area contributed by atoms with Crippen LogP contribution in [0.2, 0.25) is 0 Å². The molecule has 56 heavy (non-hydrogen) atoms. The Balaban J connectivity index is 0.844. The van der Waals surface area contributed by atoms with Gasteiger partial charge in [0.1, 0.15) is 0 Å². The fourth-order valence-corrected chi connectivity index (χ4v) is 9.84. The molecule has 0 spiro atoms. The van der Waals surface area contributed by atoms with E-state index in [1.54, 1.807) is 0 Å². The number of epoxide rings is 3. The van der Waals surface area contributed by atoms with E-state index < -0.39 is 48.6 Å². The summed E-state index contributed by atoms with van der Waals surface area (Å²) in [6.45, 7) is 0.986. The predicted molar refractivity (Wildman–Crippen MR) is 193 cm³/mol. The molecule has 5 aliphatic heterocycles. The lowest BCUT2D eigenvalue weighted by Crippen LogP contribution is -2.46. The largest absolute Gasteiger partial charge is 0.465 e. The molecule has 9 aliphatic rings. The van der Waals surface area contributed by atoms with E-state index in [1.165, 1.54) is 0 Å². The van der Waals surface area contributed by atoms with Gasteiger partial charge in [0.25, 0.3) is 0 Å². The molecule has 9 fully saturated rings. The van der Waals surface area contributed by atoms with Gasteiger partial charge in [-0.15, -0.1) is 0 Å². The number of ether oxygens (including phenoxy) is 9. The van der Waals surface area contributed by atoms with E-state index in [-0.39, 0.29) is 81.0 Å². The van der Waals surface area contributed by atoms with Crippen molar-refractivity contribution in [1.29, 1.82) is 0 Å². The van der Waals surface area contributed by atoms with Gasteiger partial charge in [-0.2, -0.15) is 0 Å². The Bertz CT molecular complexity index is 1400. The van der Waals surface area contributed by atoms with Gasteiger partial charge in [0.15, 0.2) is 0 Å². The molecule has 0 amide bonds. The highest BCUT2D eigenvalue weighted by atomic mass is 16.6. The molecular formula is C42H60O14. The second-order valence-corrected chi connectivity index (χ2v) is 17.9. The topological polar surface area (TPSA) is 178 Å². The molecule has 14 nitrogen and oxygen atoms in total. The Kier molecular flexibility index (Phi) is 13.1. The van der Waals surface area contributed by atoms with Crippen LogP contribution in [0.25, 0.3) is 0 Å². The summed E-state index contributed by atoms with van der Waals surface area (Å²) in [5, 5.41) is 0. The molecule has 0 aromatic carbocycles. The molecule has 312 valence electrons. The zero-order valence-corrected chi connectivity index (χ0v) is 32.6. The van der Waals surface area contributed by atoms with E-state index in [0.717, 1.165) is 77.0 Å². The van der Waals surface area contributed by atoms with Crippen LogP contribution in [0, 0.1) is 35.5 Å². The second kappa shape index (κ2) is 18.4. The van der Waals surface area contributed by atoms with Crippen LogP contribution < -0.4 is 0 Å². The lowest BCUT2D eigenvalue weighted by molar-refractivity contribution is -0.183. The minimum atomic E-state index is -1.31. The predicted octanol–water partition coefficient (Wildman–Crippen LogP) is 4.55. The molecule has 0 radical (unpaired) electrons. The lowest BCUT2D eigenvalue weighted by Gasteiger charge is -2.45. The molecular weight excluding hydrogens is 728 g/mol. The summed E-state index contributed by atoms with van der Waals surface area (Å²) in [6, 6.07) is 0. The summed E-state index contributed by atoms with van der Waals surface area (Å²) < 4.78 is 50.9. The molecule has 5 heterocycles. The Labute approximate surface area is 328 Å². The number of unbranched alkanes of at least 4 members (excludes halogenated alkanes) is 2. The third-order valence-electron chi connectivity index (χ3n) is 13.5. The Morgan fingerprint density at radius 3 is 1.38 bits per heavy atom. The fraction of sp³-hybridized carbons (Fsp3) is 0.881. The summed E-state index contributed by atoms with van der Waals surface area (Å²) in [6.07, 6.45) is 14.1. The van der Waals surface area contributed by atoms with Crippen molar-refractivity contribution in [2.24, 2.45) is 35.5 Å². The number of esters is 5. The first-order valence-electron chi connectivity index (χ1n) is 21.6. The van der Waals surface area contributed by atoms with E-state index in [0.29, 0.717) is 56.2 Å². The van der Waals surface area contributed by atoms with Crippen molar-refractivity contribution in [2.45, 2.75) is 164 Å². The molecule has 2 bridgehead atoms. The van der Waals surface area contributed by atoms with Crippen molar-refractivity contribution in [3.8, 4) is 0 Å². The number of hydrogen-bond donors (Lipinski definition) is 0. The highest BCUT2D eigenvalue weighted by Crippen LogP contribution is 2.42.